The van der Waals surface area contributed by atoms with E-state index in [4.69, 9.17) is 11.6 Å². The van der Waals surface area contributed by atoms with E-state index in [9.17, 15) is 0 Å². The van der Waals surface area contributed by atoms with E-state index in [2.05, 4.69) is 20.9 Å². The molecule has 0 N–H and O–H groups in total. The lowest BCUT2D eigenvalue weighted by Gasteiger charge is -2.34. The highest BCUT2D eigenvalue weighted by Crippen LogP contribution is 2.10. The van der Waals surface area contributed by atoms with Crippen LogP contribution in [-0.2, 0) is 0 Å². The molecule has 0 amide bonds. The molecule has 0 aliphatic heterocycles. The van der Waals surface area contributed by atoms with Crippen molar-refractivity contribution in [3.8, 4) is 0 Å². The molecular weight excluding hydrogens is 286 g/mol. The van der Waals surface area contributed by atoms with Crippen molar-refractivity contribution in [3.63, 3.8) is 0 Å². The summed E-state index contributed by atoms with van der Waals surface area (Å²) in [5, 5.41) is 0. The van der Waals surface area contributed by atoms with Crippen LogP contribution in [0.25, 0.3) is 0 Å². The largest absolute Gasteiger partial charge is 1.00 e. The molecule has 3 heteroatoms. The van der Waals surface area contributed by atoms with Gasteiger partial charge in [0.25, 0.3) is 0 Å². The molecule has 0 fully saturated rings. The monoisotopic (exact) mass is 313 g/mol. The van der Waals surface area contributed by atoms with Crippen LogP contribution in [0.15, 0.2) is 0 Å². The van der Waals surface area contributed by atoms with Crippen LogP contribution >= 0.6 is 11.6 Å². The van der Waals surface area contributed by atoms with Crippen LogP contribution in [0.5, 0.6) is 0 Å². The van der Waals surface area contributed by atoms with Gasteiger partial charge in [0.1, 0.15) is 0 Å². The predicted octanol–water partition coefficient (Wildman–Crippen LogP) is 1.06. The summed E-state index contributed by atoms with van der Waals surface area (Å²) in [7, 11) is 2.37. The molecule has 0 saturated carbocycles. The molecule has 0 aromatic heterocycles. The fourth-order valence-corrected chi connectivity index (χ4v) is 2.43. The maximum Gasteiger partial charge on any atom is 0.0922 e. The Bertz CT molecular complexity index is 132. The molecule has 0 aliphatic carbocycles. The van der Waals surface area contributed by atoms with Crippen molar-refractivity contribution in [3.05, 3.63) is 0 Å². The normalized spacial score (nSPS) is 11.2. The summed E-state index contributed by atoms with van der Waals surface area (Å²) < 4.78 is 1.18. The molecule has 0 saturated heterocycles. The van der Waals surface area contributed by atoms with Gasteiger partial charge < -0.3 is 21.5 Å². The SMILES string of the molecule is CCCCC[N+](C)(CCCl)CCCCC.[Br-]. The lowest BCUT2D eigenvalue weighted by molar-refractivity contribution is -0.907. The van der Waals surface area contributed by atoms with E-state index in [0.29, 0.717) is 0 Å². The average molecular weight is 315 g/mol. The molecule has 0 rings (SSSR count). The van der Waals surface area contributed by atoms with Crippen molar-refractivity contribution in [1.29, 1.82) is 0 Å². The van der Waals surface area contributed by atoms with E-state index < -0.39 is 0 Å². The molecule has 1 nitrogen and oxygen atoms in total. The third-order valence-corrected chi connectivity index (χ3v) is 3.40. The molecule has 0 heterocycles. The topological polar surface area (TPSA) is 0 Å². The molecule has 0 atom stereocenters. The predicted molar refractivity (Wildman–Crippen MR) is 70.6 cm³/mol. The van der Waals surface area contributed by atoms with Gasteiger partial charge in [0.2, 0.25) is 0 Å². The maximum absolute atomic E-state index is 5.90. The first-order valence-corrected chi connectivity index (χ1v) is 7.11. The van der Waals surface area contributed by atoms with E-state index in [0.717, 1.165) is 12.4 Å². The van der Waals surface area contributed by atoms with Crippen LogP contribution in [-0.4, -0.2) is 37.0 Å². The van der Waals surface area contributed by atoms with Gasteiger partial charge in [-0.2, -0.15) is 0 Å². The summed E-state index contributed by atoms with van der Waals surface area (Å²) in [4.78, 5) is 0. The molecule has 0 aromatic rings. The molecule has 100 valence electrons. The minimum absolute atomic E-state index is 0. The summed E-state index contributed by atoms with van der Waals surface area (Å²) >= 11 is 5.90. The van der Waals surface area contributed by atoms with Gasteiger partial charge in [-0.25, -0.2) is 0 Å². The zero-order chi connectivity index (χ0) is 11.6. The Morgan fingerprint density at radius 3 is 1.56 bits per heavy atom. The second kappa shape index (κ2) is 12.2. The van der Waals surface area contributed by atoms with Crippen LogP contribution in [0.2, 0.25) is 0 Å². The summed E-state index contributed by atoms with van der Waals surface area (Å²) in [5.74, 6) is 0.800. The third kappa shape index (κ3) is 9.92. The lowest BCUT2D eigenvalue weighted by Crippen LogP contribution is -3.00. The molecular formula is C13H29BrClN. The molecule has 16 heavy (non-hydrogen) atoms. The lowest BCUT2D eigenvalue weighted by atomic mass is 10.2. The third-order valence-electron chi connectivity index (χ3n) is 3.23. The number of quaternary nitrogens is 1. The number of alkyl halides is 1. The molecule has 0 unspecified atom stereocenters. The molecule has 0 spiro atoms. The van der Waals surface area contributed by atoms with Crippen molar-refractivity contribution in [2.45, 2.75) is 52.4 Å². The van der Waals surface area contributed by atoms with Gasteiger partial charge >= 0.3 is 0 Å². The molecule has 0 bridgehead atoms. The van der Waals surface area contributed by atoms with Gasteiger partial charge in [0.05, 0.1) is 32.6 Å². The number of unbranched alkanes of at least 4 members (excludes halogenated alkanes) is 4. The van der Waals surface area contributed by atoms with Gasteiger partial charge in [-0.3, -0.25) is 0 Å². The Morgan fingerprint density at radius 2 is 1.25 bits per heavy atom. The first kappa shape index (κ1) is 19.1. The Labute approximate surface area is 118 Å². The Balaban J connectivity index is 0. The van der Waals surface area contributed by atoms with E-state index in [1.54, 1.807) is 0 Å². The van der Waals surface area contributed by atoms with E-state index in [-0.39, 0.29) is 17.0 Å². The quantitative estimate of drug-likeness (QED) is 0.321. The Kier molecular flexibility index (Phi) is 14.5. The highest BCUT2D eigenvalue weighted by atomic mass is 79.9. The van der Waals surface area contributed by atoms with Crippen molar-refractivity contribution in [2.24, 2.45) is 0 Å². The first-order valence-electron chi connectivity index (χ1n) is 6.58. The van der Waals surface area contributed by atoms with Gasteiger partial charge in [0, 0.05) is 0 Å². The summed E-state index contributed by atoms with van der Waals surface area (Å²) in [6.07, 6.45) is 8.07. The van der Waals surface area contributed by atoms with Crippen LogP contribution < -0.4 is 17.0 Å². The van der Waals surface area contributed by atoms with Gasteiger partial charge in [-0.1, -0.05) is 26.7 Å². The van der Waals surface area contributed by atoms with Crippen molar-refractivity contribution < 1.29 is 21.5 Å². The minimum atomic E-state index is 0. The van der Waals surface area contributed by atoms with Crippen molar-refractivity contribution in [2.75, 3.05) is 32.6 Å². The second-order valence-electron chi connectivity index (χ2n) is 4.89. The van der Waals surface area contributed by atoms with E-state index in [1.807, 2.05) is 0 Å². The molecule has 0 radical (unpaired) electrons. The van der Waals surface area contributed by atoms with E-state index in [1.165, 1.54) is 56.1 Å². The Hall–Kier alpha value is 0.730. The summed E-state index contributed by atoms with van der Waals surface area (Å²) in [6.45, 7) is 8.29. The highest BCUT2D eigenvalue weighted by molar-refractivity contribution is 6.17. The second-order valence-corrected chi connectivity index (χ2v) is 5.27. The summed E-state index contributed by atoms with van der Waals surface area (Å²) in [6, 6.07) is 0. The van der Waals surface area contributed by atoms with Gasteiger partial charge in [-0.05, 0) is 25.7 Å². The van der Waals surface area contributed by atoms with Crippen LogP contribution in [0, 0.1) is 0 Å². The molecule has 0 aromatic carbocycles. The number of halogens is 2. The molecule has 0 aliphatic rings. The first-order chi connectivity index (χ1) is 7.18. The van der Waals surface area contributed by atoms with E-state index >= 15 is 0 Å². The van der Waals surface area contributed by atoms with Gasteiger partial charge in [-0.15, -0.1) is 11.6 Å². The summed E-state index contributed by atoms with van der Waals surface area (Å²) in [5.41, 5.74) is 0. The van der Waals surface area contributed by atoms with Crippen LogP contribution in [0.3, 0.4) is 0 Å². The fourth-order valence-electron chi connectivity index (χ4n) is 2.03. The number of nitrogens with zero attached hydrogens (tertiary/aromatic N) is 1. The minimum Gasteiger partial charge on any atom is -1.00 e. The zero-order valence-electron chi connectivity index (χ0n) is 11.3. The van der Waals surface area contributed by atoms with Crippen molar-refractivity contribution in [1.82, 2.24) is 0 Å². The Morgan fingerprint density at radius 1 is 0.812 bits per heavy atom. The zero-order valence-corrected chi connectivity index (χ0v) is 13.6. The average Bonchev–Trinajstić information content (AvgIpc) is 2.19. The highest BCUT2D eigenvalue weighted by Gasteiger charge is 2.19. The van der Waals surface area contributed by atoms with Crippen molar-refractivity contribution >= 4 is 11.6 Å². The smallest absolute Gasteiger partial charge is 0.0922 e. The standard InChI is InChI=1S/C13H29ClN.BrH/c1-4-6-8-11-15(3,13-10-14)12-9-7-5-2;/h4-13H2,1-3H3;1H/q+1;/p-1. The fraction of sp³-hybridized carbons (Fsp3) is 1.00. The number of rotatable bonds is 10. The number of hydrogen-bond acceptors (Lipinski definition) is 0. The van der Waals surface area contributed by atoms with Gasteiger partial charge in [0.15, 0.2) is 0 Å². The van der Waals surface area contributed by atoms with Crippen LogP contribution in [0.1, 0.15) is 52.4 Å². The number of hydrogen-bond donors (Lipinski definition) is 0. The maximum atomic E-state index is 5.90. The van der Waals surface area contributed by atoms with Crippen LogP contribution in [0.4, 0.5) is 0 Å².